The summed E-state index contributed by atoms with van der Waals surface area (Å²) in [4.78, 5) is 10.9. The van der Waals surface area contributed by atoms with Gasteiger partial charge in [-0.05, 0) is 43.0 Å². The maximum absolute atomic E-state index is 10.9. The SMILES string of the molecule is Cc1cc(C)c(C2N[C@H](C(=O)O)CS2)cc1C. The Balaban J connectivity index is 2.24. The molecule has 4 heteroatoms. The van der Waals surface area contributed by atoms with Crippen molar-refractivity contribution in [2.45, 2.75) is 32.2 Å². The van der Waals surface area contributed by atoms with E-state index in [1.807, 2.05) is 0 Å². The first-order valence-electron chi connectivity index (χ1n) is 5.67. The van der Waals surface area contributed by atoms with Crippen molar-refractivity contribution in [1.29, 1.82) is 0 Å². The van der Waals surface area contributed by atoms with Gasteiger partial charge >= 0.3 is 5.97 Å². The molecule has 3 nitrogen and oxygen atoms in total. The molecular formula is C13H17NO2S. The Hall–Kier alpha value is -1.00. The maximum Gasteiger partial charge on any atom is 0.321 e. The molecule has 0 aromatic heterocycles. The van der Waals surface area contributed by atoms with Gasteiger partial charge in [0.2, 0.25) is 0 Å². The number of hydrogen-bond acceptors (Lipinski definition) is 3. The summed E-state index contributed by atoms with van der Waals surface area (Å²) >= 11 is 1.67. The summed E-state index contributed by atoms with van der Waals surface area (Å²) in [5.41, 5.74) is 4.97. The van der Waals surface area contributed by atoms with E-state index in [4.69, 9.17) is 5.11 Å². The number of hydrogen-bond donors (Lipinski definition) is 2. The number of thioether (sulfide) groups is 1. The van der Waals surface area contributed by atoms with Gasteiger partial charge < -0.3 is 5.11 Å². The Morgan fingerprint density at radius 3 is 2.53 bits per heavy atom. The average Bonchev–Trinajstić information content (AvgIpc) is 2.72. The molecule has 1 saturated heterocycles. The molecule has 92 valence electrons. The fourth-order valence-corrected chi connectivity index (χ4v) is 3.38. The third kappa shape index (κ3) is 2.48. The van der Waals surface area contributed by atoms with E-state index < -0.39 is 12.0 Å². The van der Waals surface area contributed by atoms with E-state index in [0.717, 1.165) is 0 Å². The summed E-state index contributed by atoms with van der Waals surface area (Å²) < 4.78 is 0. The summed E-state index contributed by atoms with van der Waals surface area (Å²) in [5, 5.41) is 12.2. The third-order valence-corrected chi connectivity index (χ3v) is 4.49. The second-order valence-electron chi connectivity index (χ2n) is 4.56. The molecule has 0 saturated carbocycles. The number of rotatable bonds is 2. The van der Waals surface area contributed by atoms with Crippen LogP contribution in [0, 0.1) is 20.8 Å². The fraction of sp³-hybridized carbons (Fsp3) is 0.462. The minimum Gasteiger partial charge on any atom is -0.480 e. The molecule has 1 aliphatic rings. The van der Waals surface area contributed by atoms with Crippen LogP contribution in [-0.2, 0) is 4.79 Å². The zero-order chi connectivity index (χ0) is 12.6. The first-order valence-corrected chi connectivity index (χ1v) is 6.72. The monoisotopic (exact) mass is 251 g/mol. The summed E-state index contributed by atoms with van der Waals surface area (Å²) in [6.07, 6.45) is 0. The van der Waals surface area contributed by atoms with Crippen LogP contribution < -0.4 is 5.32 Å². The summed E-state index contributed by atoms with van der Waals surface area (Å²) in [7, 11) is 0. The Morgan fingerprint density at radius 2 is 1.94 bits per heavy atom. The highest BCUT2D eigenvalue weighted by Gasteiger charge is 2.31. The lowest BCUT2D eigenvalue weighted by Gasteiger charge is -2.16. The molecule has 2 rings (SSSR count). The molecule has 1 unspecified atom stereocenters. The van der Waals surface area contributed by atoms with Crippen LogP contribution in [0.4, 0.5) is 0 Å². The van der Waals surface area contributed by atoms with Crippen molar-refractivity contribution in [3.63, 3.8) is 0 Å². The molecule has 0 radical (unpaired) electrons. The fourth-order valence-electron chi connectivity index (χ4n) is 2.06. The lowest BCUT2D eigenvalue weighted by atomic mass is 10.0. The van der Waals surface area contributed by atoms with Crippen molar-refractivity contribution in [3.8, 4) is 0 Å². The third-order valence-electron chi connectivity index (χ3n) is 3.25. The highest BCUT2D eigenvalue weighted by atomic mass is 32.2. The van der Waals surface area contributed by atoms with E-state index in [0.29, 0.717) is 5.75 Å². The summed E-state index contributed by atoms with van der Waals surface area (Å²) in [5.74, 6) is -0.131. The van der Waals surface area contributed by atoms with Crippen LogP contribution in [0.2, 0.25) is 0 Å². The first kappa shape index (κ1) is 12.5. The van der Waals surface area contributed by atoms with E-state index in [1.165, 1.54) is 22.3 Å². The Morgan fingerprint density at radius 1 is 1.29 bits per heavy atom. The van der Waals surface area contributed by atoms with Gasteiger partial charge in [-0.25, -0.2) is 0 Å². The number of benzene rings is 1. The van der Waals surface area contributed by atoms with Gasteiger partial charge in [0.25, 0.3) is 0 Å². The smallest absolute Gasteiger partial charge is 0.321 e. The van der Waals surface area contributed by atoms with Gasteiger partial charge in [0, 0.05) is 5.75 Å². The van der Waals surface area contributed by atoms with E-state index in [2.05, 4.69) is 38.2 Å². The zero-order valence-corrected chi connectivity index (χ0v) is 11.1. The number of aliphatic carboxylic acids is 1. The summed E-state index contributed by atoms with van der Waals surface area (Å²) in [6, 6.07) is 3.91. The largest absolute Gasteiger partial charge is 0.480 e. The minimum atomic E-state index is -0.763. The van der Waals surface area contributed by atoms with E-state index in [1.54, 1.807) is 11.8 Å². The number of carboxylic acids is 1. The van der Waals surface area contributed by atoms with Crippen molar-refractivity contribution >= 4 is 17.7 Å². The van der Waals surface area contributed by atoms with Gasteiger partial charge in [-0.15, -0.1) is 11.8 Å². The van der Waals surface area contributed by atoms with E-state index in [-0.39, 0.29) is 5.37 Å². The van der Waals surface area contributed by atoms with Crippen LogP contribution in [0.15, 0.2) is 12.1 Å². The predicted molar refractivity (Wildman–Crippen MR) is 70.4 cm³/mol. The van der Waals surface area contributed by atoms with Crippen LogP contribution in [0.25, 0.3) is 0 Å². The van der Waals surface area contributed by atoms with Gasteiger partial charge in [-0.2, -0.15) is 0 Å². The van der Waals surface area contributed by atoms with Crippen LogP contribution in [0.5, 0.6) is 0 Å². The molecule has 17 heavy (non-hydrogen) atoms. The molecule has 1 heterocycles. The van der Waals surface area contributed by atoms with Gasteiger partial charge in [-0.1, -0.05) is 12.1 Å². The lowest BCUT2D eigenvalue weighted by molar-refractivity contribution is -0.138. The maximum atomic E-state index is 10.9. The minimum absolute atomic E-state index is 0.107. The number of nitrogens with one attached hydrogen (secondary N) is 1. The van der Waals surface area contributed by atoms with Gasteiger partial charge in [0.05, 0.1) is 5.37 Å². The number of aryl methyl sites for hydroxylation is 3. The topological polar surface area (TPSA) is 49.3 Å². The van der Waals surface area contributed by atoms with E-state index >= 15 is 0 Å². The zero-order valence-electron chi connectivity index (χ0n) is 10.3. The molecular weight excluding hydrogens is 234 g/mol. The number of carboxylic acid groups (broad SMARTS) is 1. The average molecular weight is 251 g/mol. The molecule has 0 spiro atoms. The van der Waals surface area contributed by atoms with Gasteiger partial charge in [0.1, 0.15) is 6.04 Å². The standard InChI is InChI=1S/C13H17NO2S/c1-7-4-9(3)10(5-8(7)2)12-14-11(6-17-12)13(15)16/h4-5,11-12,14H,6H2,1-3H3,(H,15,16)/t11-,12?/m0/s1. The molecule has 1 aliphatic heterocycles. The van der Waals surface area contributed by atoms with Crippen molar-refractivity contribution in [2.24, 2.45) is 0 Å². The molecule has 1 fully saturated rings. The molecule has 0 amide bonds. The summed E-state index contributed by atoms with van der Waals surface area (Å²) in [6.45, 7) is 6.27. The highest BCUT2D eigenvalue weighted by Crippen LogP contribution is 2.35. The second kappa shape index (κ2) is 4.70. The van der Waals surface area contributed by atoms with Crippen molar-refractivity contribution in [3.05, 3.63) is 34.4 Å². The molecule has 2 atom stereocenters. The van der Waals surface area contributed by atoms with Crippen molar-refractivity contribution in [1.82, 2.24) is 5.32 Å². The molecule has 1 aromatic carbocycles. The quantitative estimate of drug-likeness (QED) is 0.847. The van der Waals surface area contributed by atoms with Crippen LogP contribution in [-0.4, -0.2) is 22.9 Å². The van der Waals surface area contributed by atoms with Crippen LogP contribution in [0.3, 0.4) is 0 Å². The van der Waals surface area contributed by atoms with Crippen LogP contribution >= 0.6 is 11.8 Å². The van der Waals surface area contributed by atoms with E-state index in [9.17, 15) is 4.79 Å². The Kier molecular flexibility index (Phi) is 3.45. The normalized spacial score (nSPS) is 23.9. The van der Waals surface area contributed by atoms with Crippen molar-refractivity contribution < 1.29 is 9.90 Å². The van der Waals surface area contributed by atoms with Gasteiger partial charge in [0.15, 0.2) is 0 Å². The molecule has 1 aromatic rings. The Labute approximate surface area is 106 Å². The lowest BCUT2D eigenvalue weighted by Crippen LogP contribution is -2.33. The second-order valence-corrected chi connectivity index (χ2v) is 5.70. The first-order chi connectivity index (χ1) is 7.99. The Bertz CT molecular complexity index is 459. The molecule has 2 N–H and O–H groups in total. The highest BCUT2D eigenvalue weighted by molar-refractivity contribution is 7.99. The van der Waals surface area contributed by atoms with Crippen molar-refractivity contribution in [2.75, 3.05) is 5.75 Å². The van der Waals surface area contributed by atoms with Crippen LogP contribution in [0.1, 0.15) is 27.6 Å². The molecule has 0 bridgehead atoms. The molecule has 0 aliphatic carbocycles. The predicted octanol–water partition coefficient (Wildman–Crippen LogP) is 2.40. The number of carbonyl (C=O) groups is 1. The van der Waals surface area contributed by atoms with Gasteiger partial charge in [-0.3, -0.25) is 10.1 Å².